The molecule has 3 rings (SSSR count). The van der Waals surface area contributed by atoms with Crippen LogP contribution in [0.5, 0.6) is 0 Å². The van der Waals surface area contributed by atoms with Crippen LogP contribution in [0.2, 0.25) is 5.02 Å². The smallest absolute Gasteiger partial charge is 0.264 e. The normalized spacial score (nSPS) is 12.0. The van der Waals surface area contributed by atoms with E-state index >= 15 is 0 Å². The van der Waals surface area contributed by atoms with Crippen LogP contribution in [0.4, 0.5) is 5.69 Å². The number of anilines is 1. The van der Waals surface area contributed by atoms with Crippen LogP contribution >= 0.6 is 11.6 Å². The molecule has 0 aliphatic rings. The number of halogens is 1. The summed E-state index contributed by atoms with van der Waals surface area (Å²) in [5, 5.41) is 3.28. The third kappa shape index (κ3) is 7.61. The zero-order valence-electron chi connectivity index (χ0n) is 22.6. The van der Waals surface area contributed by atoms with Crippen molar-refractivity contribution in [3.05, 3.63) is 95.0 Å². The van der Waals surface area contributed by atoms with Gasteiger partial charge in [0.05, 0.1) is 10.6 Å². The topological polar surface area (TPSA) is 86.8 Å². The summed E-state index contributed by atoms with van der Waals surface area (Å²) in [5.41, 5.74) is 1.86. The van der Waals surface area contributed by atoms with Gasteiger partial charge in [0.2, 0.25) is 11.8 Å². The molecule has 7 nitrogen and oxygen atoms in total. The predicted octanol–water partition coefficient (Wildman–Crippen LogP) is 5.22. The molecule has 1 atom stereocenters. The van der Waals surface area contributed by atoms with E-state index in [2.05, 4.69) is 5.32 Å². The number of hydrogen-bond acceptors (Lipinski definition) is 4. The van der Waals surface area contributed by atoms with Crippen LogP contribution in [0.3, 0.4) is 0 Å². The Labute approximate surface area is 236 Å². The van der Waals surface area contributed by atoms with Crippen molar-refractivity contribution in [3.8, 4) is 0 Å². The van der Waals surface area contributed by atoms with E-state index in [4.69, 9.17) is 11.6 Å². The van der Waals surface area contributed by atoms with Crippen molar-refractivity contribution in [2.75, 3.05) is 23.9 Å². The number of amides is 2. The summed E-state index contributed by atoms with van der Waals surface area (Å²) in [6, 6.07) is 21.9. The van der Waals surface area contributed by atoms with Crippen LogP contribution in [0.1, 0.15) is 37.8 Å². The van der Waals surface area contributed by atoms with Crippen LogP contribution in [0.15, 0.2) is 83.8 Å². The van der Waals surface area contributed by atoms with Gasteiger partial charge in [-0.15, -0.1) is 0 Å². The largest absolute Gasteiger partial charge is 0.354 e. The van der Waals surface area contributed by atoms with Crippen molar-refractivity contribution in [2.45, 2.75) is 51.0 Å². The Hall–Kier alpha value is -3.36. The van der Waals surface area contributed by atoms with Crippen molar-refractivity contribution in [1.29, 1.82) is 0 Å². The van der Waals surface area contributed by atoms with Crippen LogP contribution in [0.25, 0.3) is 0 Å². The first-order chi connectivity index (χ1) is 18.7. The van der Waals surface area contributed by atoms with Gasteiger partial charge in [0.15, 0.2) is 0 Å². The second-order valence-electron chi connectivity index (χ2n) is 9.25. The molecule has 208 valence electrons. The van der Waals surface area contributed by atoms with Gasteiger partial charge in [-0.1, -0.05) is 80.0 Å². The molecule has 39 heavy (non-hydrogen) atoms. The Bertz CT molecular complexity index is 1350. The molecular formula is C30H36ClN3O4S. The van der Waals surface area contributed by atoms with Gasteiger partial charge in [0.25, 0.3) is 10.0 Å². The first-order valence-electron chi connectivity index (χ1n) is 13.1. The maximum atomic E-state index is 14.0. The van der Waals surface area contributed by atoms with Crippen molar-refractivity contribution in [3.63, 3.8) is 0 Å². The SMILES string of the molecule is CCCNC(=O)C(CC)N(CCc1ccccc1)C(=O)CN(c1cccc(Cl)c1C)S(=O)(=O)c1ccccc1. The minimum atomic E-state index is -4.13. The van der Waals surface area contributed by atoms with Gasteiger partial charge < -0.3 is 10.2 Å². The molecular weight excluding hydrogens is 534 g/mol. The maximum absolute atomic E-state index is 14.0. The third-order valence-corrected chi connectivity index (χ3v) is 8.72. The van der Waals surface area contributed by atoms with Gasteiger partial charge in [-0.05, 0) is 61.6 Å². The summed E-state index contributed by atoms with van der Waals surface area (Å²) in [4.78, 5) is 28.7. The van der Waals surface area contributed by atoms with Gasteiger partial charge in [0, 0.05) is 18.1 Å². The van der Waals surface area contributed by atoms with E-state index in [-0.39, 0.29) is 17.3 Å². The summed E-state index contributed by atoms with van der Waals surface area (Å²) in [6.07, 6.45) is 1.67. The Morgan fingerprint density at radius 1 is 0.923 bits per heavy atom. The molecule has 1 N–H and O–H groups in total. The highest BCUT2D eigenvalue weighted by Crippen LogP contribution is 2.31. The number of sulfonamides is 1. The molecule has 0 spiro atoms. The lowest BCUT2D eigenvalue weighted by Crippen LogP contribution is -2.53. The van der Waals surface area contributed by atoms with Gasteiger partial charge >= 0.3 is 0 Å². The quantitative estimate of drug-likeness (QED) is 0.306. The average molecular weight is 570 g/mol. The van der Waals surface area contributed by atoms with E-state index in [1.165, 1.54) is 17.0 Å². The highest BCUT2D eigenvalue weighted by atomic mass is 35.5. The van der Waals surface area contributed by atoms with Gasteiger partial charge in [-0.25, -0.2) is 8.42 Å². The van der Waals surface area contributed by atoms with E-state index in [1.807, 2.05) is 44.2 Å². The van der Waals surface area contributed by atoms with Crippen molar-refractivity contribution >= 4 is 39.1 Å². The maximum Gasteiger partial charge on any atom is 0.264 e. The number of nitrogens with one attached hydrogen (secondary N) is 1. The minimum absolute atomic E-state index is 0.0562. The fourth-order valence-corrected chi connectivity index (χ4v) is 6.02. The summed E-state index contributed by atoms with van der Waals surface area (Å²) >= 11 is 6.36. The number of nitrogens with zero attached hydrogens (tertiary/aromatic N) is 2. The molecule has 9 heteroatoms. The van der Waals surface area contributed by atoms with Crippen molar-refractivity contribution in [2.24, 2.45) is 0 Å². The number of hydrogen-bond donors (Lipinski definition) is 1. The van der Waals surface area contributed by atoms with Crippen LogP contribution in [-0.4, -0.2) is 50.8 Å². The van der Waals surface area contributed by atoms with Gasteiger partial charge in [-0.2, -0.15) is 0 Å². The van der Waals surface area contributed by atoms with E-state index in [9.17, 15) is 18.0 Å². The number of benzene rings is 3. The number of carbonyl (C=O) groups excluding carboxylic acids is 2. The average Bonchev–Trinajstić information content (AvgIpc) is 2.95. The lowest BCUT2D eigenvalue weighted by atomic mass is 10.1. The monoisotopic (exact) mass is 569 g/mol. The van der Waals surface area contributed by atoms with Crippen LogP contribution in [-0.2, 0) is 26.0 Å². The molecule has 0 fully saturated rings. The lowest BCUT2D eigenvalue weighted by molar-refractivity contribution is -0.139. The second-order valence-corrected chi connectivity index (χ2v) is 11.5. The Morgan fingerprint density at radius 3 is 2.18 bits per heavy atom. The van der Waals surface area contributed by atoms with E-state index in [1.54, 1.807) is 43.3 Å². The van der Waals surface area contributed by atoms with Crippen LogP contribution in [0, 0.1) is 6.92 Å². The molecule has 3 aromatic rings. The Kier molecular flexibility index (Phi) is 10.9. The van der Waals surface area contributed by atoms with Gasteiger partial charge in [0.1, 0.15) is 12.6 Å². The third-order valence-electron chi connectivity index (χ3n) is 6.54. The standard InChI is InChI=1S/C30H36ClN3O4S/c1-4-20-32-30(36)27(5-2)33(21-19-24-13-8-6-9-14-24)29(35)22-34(28-18-12-17-26(31)23(28)3)39(37,38)25-15-10-7-11-16-25/h6-18,27H,4-5,19-22H2,1-3H3,(H,32,36). The summed E-state index contributed by atoms with van der Waals surface area (Å²) < 4.78 is 28.9. The van der Waals surface area contributed by atoms with Gasteiger partial charge in [-0.3, -0.25) is 13.9 Å². The number of rotatable bonds is 13. The van der Waals surface area contributed by atoms with Crippen molar-refractivity contribution in [1.82, 2.24) is 10.2 Å². The molecule has 0 bridgehead atoms. The zero-order valence-corrected chi connectivity index (χ0v) is 24.2. The highest BCUT2D eigenvalue weighted by Gasteiger charge is 2.34. The Morgan fingerprint density at radius 2 is 1.56 bits per heavy atom. The van der Waals surface area contributed by atoms with E-state index in [0.717, 1.165) is 16.3 Å². The zero-order chi connectivity index (χ0) is 28.4. The molecule has 3 aromatic carbocycles. The summed E-state index contributed by atoms with van der Waals surface area (Å²) in [5.74, 6) is -0.722. The minimum Gasteiger partial charge on any atom is -0.354 e. The molecule has 0 saturated carbocycles. The molecule has 0 aliphatic carbocycles. The highest BCUT2D eigenvalue weighted by molar-refractivity contribution is 7.92. The molecule has 0 aliphatic heterocycles. The molecule has 0 aromatic heterocycles. The van der Waals surface area contributed by atoms with Crippen molar-refractivity contribution < 1.29 is 18.0 Å². The lowest BCUT2D eigenvalue weighted by Gasteiger charge is -2.33. The fraction of sp³-hybridized carbons (Fsp3) is 0.333. The first-order valence-corrected chi connectivity index (χ1v) is 15.0. The summed E-state index contributed by atoms with van der Waals surface area (Å²) in [6.45, 7) is 5.79. The van der Waals surface area contributed by atoms with Crippen LogP contribution < -0.4 is 9.62 Å². The fourth-order valence-electron chi connectivity index (χ4n) is 4.36. The second kappa shape index (κ2) is 14.1. The molecule has 0 saturated heterocycles. The van der Waals surface area contributed by atoms with E-state index in [0.29, 0.717) is 35.7 Å². The molecule has 2 amide bonds. The molecule has 0 radical (unpaired) electrons. The number of carbonyl (C=O) groups is 2. The first kappa shape index (κ1) is 30.2. The predicted molar refractivity (Wildman–Crippen MR) is 156 cm³/mol. The summed E-state index contributed by atoms with van der Waals surface area (Å²) in [7, 11) is -4.13. The Balaban J connectivity index is 2.03. The molecule has 0 heterocycles. The van der Waals surface area contributed by atoms with E-state index < -0.39 is 28.5 Å². The molecule has 1 unspecified atom stereocenters.